The number of ether oxygens (including phenoxy) is 2. The van der Waals surface area contributed by atoms with Crippen LogP contribution in [-0.4, -0.2) is 73.7 Å². The van der Waals surface area contributed by atoms with E-state index in [-0.39, 0.29) is 11.9 Å². The van der Waals surface area contributed by atoms with E-state index in [0.717, 1.165) is 19.4 Å². The first-order valence-corrected chi connectivity index (χ1v) is 7.33. The molecule has 0 aromatic carbocycles. The largest absolute Gasteiger partial charge is 0.467 e. The molecule has 2 heterocycles. The first kappa shape index (κ1) is 15.3. The van der Waals surface area contributed by atoms with Gasteiger partial charge in [-0.15, -0.1) is 0 Å². The quantitative estimate of drug-likeness (QED) is 0.696. The lowest BCUT2D eigenvalue weighted by Gasteiger charge is -2.36. The highest BCUT2D eigenvalue weighted by Crippen LogP contribution is 2.17. The molecule has 0 N–H and O–H groups in total. The molecule has 2 fully saturated rings. The van der Waals surface area contributed by atoms with Crippen LogP contribution in [0.25, 0.3) is 0 Å². The second-order valence-electron chi connectivity index (χ2n) is 5.55. The third kappa shape index (κ3) is 3.70. The van der Waals surface area contributed by atoms with Crippen LogP contribution in [0.2, 0.25) is 0 Å². The van der Waals surface area contributed by atoms with Crippen molar-refractivity contribution in [3.63, 3.8) is 0 Å². The molecule has 0 aromatic rings. The number of carbonyl (C=O) groups excluding carboxylic acids is 2. The van der Waals surface area contributed by atoms with Gasteiger partial charge in [0.05, 0.1) is 20.3 Å². The lowest BCUT2D eigenvalue weighted by Crippen LogP contribution is -2.52. The van der Waals surface area contributed by atoms with Crippen LogP contribution in [0.15, 0.2) is 0 Å². The van der Waals surface area contributed by atoms with Crippen LogP contribution in [0.3, 0.4) is 0 Å². The summed E-state index contributed by atoms with van der Waals surface area (Å²) in [5, 5.41) is 0. The van der Waals surface area contributed by atoms with Crippen LogP contribution in [0.4, 0.5) is 0 Å². The van der Waals surface area contributed by atoms with E-state index in [1.54, 1.807) is 0 Å². The monoisotopic (exact) mass is 284 g/mol. The van der Waals surface area contributed by atoms with Crippen LogP contribution in [0, 0.1) is 0 Å². The van der Waals surface area contributed by atoms with Gasteiger partial charge < -0.3 is 14.4 Å². The van der Waals surface area contributed by atoms with E-state index in [9.17, 15) is 9.59 Å². The summed E-state index contributed by atoms with van der Waals surface area (Å²) < 4.78 is 10.1. The van der Waals surface area contributed by atoms with Crippen LogP contribution < -0.4 is 0 Å². The maximum absolute atomic E-state index is 12.4. The topological polar surface area (TPSA) is 59.1 Å². The Morgan fingerprint density at radius 3 is 2.80 bits per heavy atom. The Kier molecular flexibility index (Phi) is 5.37. The molecular formula is C14H24N2O4. The maximum atomic E-state index is 12.4. The van der Waals surface area contributed by atoms with Crippen LogP contribution in [-0.2, 0) is 19.1 Å². The average molecular weight is 284 g/mol. The van der Waals surface area contributed by atoms with Crippen molar-refractivity contribution < 1.29 is 19.1 Å². The number of amides is 1. The zero-order valence-electron chi connectivity index (χ0n) is 12.3. The standard InChI is InChI=1S/C14H24N2O4/c1-11-5-3-4-6-16(11)13(17)10-15-7-8-20-12(9-15)14(18)19-2/h11-12H,3-10H2,1-2H3. The first-order chi connectivity index (χ1) is 9.61. The molecule has 2 atom stereocenters. The Morgan fingerprint density at radius 2 is 2.10 bits per heavy atom. The van der Waals surface area contributed by atoms with Crippen molar-refractivity contribution in [1.29, 1.82) is 0 Å². The zero-order chi connectivity index (χ0) is 14.5. The fourth-order valence-electron chi connectivity index (χ4n) is 2.87. The smallest absolute Gasteiger partial charge is 0.336 e. The van der Waals surface area contributed by atoms with Crippen molar-refractivity contribution in [2.24, 2.45) is 0 Å². The summed E-state index contributed by atoms with van der Waals surface area (Å²) in [6.45, 7) is 4.89. The minimum Gasteiger partial charge on any atom is -0.467 e. The molecule has 1 amide bonds. The number of piperidine rings is 1. The third-order valence-corrected chi connectivity index (χ3v) is 4.10. The predicted molar refractivity (Wildman–Crippen MR) is 73.2 cm³/mol. The molecule has 0 saturated carbocycles. The van der Waals surface area contributed by atoms with Crippen molar-refractivity contribution in [2.75, 3.05) is 39.9 Å². The van der Waals surface area contributed by atoms with E-state index in [4.69, 9.17) is 9.47 Å². The highest BCUT2D eigenvalue weighted by molar-refractivity contribution is 5.79. The lowest BCUT2D eigenvalue weighted by atomic mass is 10.0. The molecule has 6 heteroatoms. The van der Waals surface area contributed by atoms with Gasteiger partial charge in [0, 0.05) is 25.7 Å². The second-order valence-corrected chi connectivity index (χ2v) is 5.55. The maximum Gasteiger partial charge on any atom is 0.336 e. The summed E-state index contributed by atoms with van der Waals surface area (Å²) in [4.78, 5) is 27.8. The van der Waals surface area contributed by atoms with Crippen molar-refractivity contribution in [2.45, 2.75) is 38.3 Å². The normalized spacial score (nSPS) is 28.2. The predicted octanol–water partition coefficient (Wildman–Crippen LogP) is 0.261. The number of likely N-dealkylation sites (tertiary alicyclic amines) is 1. The summed E-state index contributed by atoms with van der Waals surface area (Å²) in [6.07, 6.45) is 2.80. The van der Waals surface area contributed by atoms with Gasteiger partial charge in [0.15, 0.2) is 6.10 Å². The van der Waals surface area contributed by atoms with Crippen molar-refractivity contribution >= 4 is 11.9 Å². The fourth-order valence-corrected chi connectivity index (χ4v) is 2.87. The fraction of sp³-hybridized carbons (Fsp3) is 0.857. The SMILES string of the molecule is COC(=O)C1CN(CC(=O)N2CCCCC2C)CCO1. The van der Waals surface area contributed by atoms with Gasteiger partial charge in [0.25, 0.3) is 0 Å². The minimum absolute atomic E-state index is 0.155. The molecule has 2 saturated heterocycles. The summed E-state index contributed by atoms with van der Waals surface area (Å²) >= 11 is 0. The highest BCUT2D eigenvalue weighted by Gasteiger charge is 2.30. The first-order valence-electron chi connectivity index (χ1n) is 7.33. The van der Waals surface area contributed by atoms with Gasteiger partial charge in [-0.05, 0) is 26.2 Å². The molecule has 0 bridgehead atoms. The molecule has 2 rings (SSSR count). The molecule has 2 aliphatic heterocycles. The number of hydrogen-bond donors (Lipinski definition) is 0. The van der Waals surface area contributed by atoms with E-state index < -0.39 is 6.10 Å². The molecule has 2 unspecified atom stereocenters. The van der Waals surface area contributed by atoms with E-state index in [1.165, 1.54) is 13.5 Å². The minimum atomic E-state index is -0.569. The lowest BCUT2D eigenvalue weighted by molar-refractivity contribution is -0.161. The van der Waals surface area contributed by atoms with Gasteiger partial charge in [0.2, 0.25) is 5.91 Å². The van der Waals surface area contributed by atoms with E-state index in [1.807, 2.05) is 9.80 Å². The van der Waals surface area contributed by atoms with Crippen molar-refractivity contribution in [3.8, 4) is 0 Å². The average Bonchev–Trinajstić information content (AvgIpc) is 2.47. The Hall–Kier alpha value is -1.14. The zero-order valence-corrected chi connectivity index (χ0v) is 12.3. The highest BCUT2D eigenvalue weighted by atomic mass is 16.6. The Labute approximate surface area is 120 Å². The Balaban J connectivity index is 1.85. The van der Waals surface area contributed by atoms with Crippen molar-refractivity contribution in [3.05, 3.63) is 0 Å². The van der Waals surface area contributed by atoms with Crippen molar-refractivity contribution in [1.82, 2.24) is 9.80 Å². The molecule has 0 aromatic heterocycles. The van der Waals surface area contributed by atoms with Crippen LogP contribution >= 0.6 is 0 Å². The van der Waals surface area contributed by atoms with Gasteiger partial charge in [-0.3, -0.25) is 9.69 Å². The number of carbonyl (C=O) groups is 2. The second kappa shape index (κ2) is 7.04. The van der Waals surface area contributed by atoms with E-state index in [2.05, 4.69) is 6.92 Å². The molecule has 2 aliphatic rings. The molecule has 20 heavy (non-hydrogen) atoms. The summed E-state index contributed by atoms with van der Waals surface area (Å²) in [7, 11) is 1.35. The molecule has 0 aliphatic carbocycles. The number of nitrogens with zero attached hydrogens (tertiary/aromatic N) is 2. The van der Waals surface area contributed by atoms with Crippen LogP contribution in [0.1, 0.15) is 26.2 Å². The molecule has 114 valence electrons. The number of morpholine rings is 1. The number of esters is 1. The van der Waals surface area contributed by atoms with E-state index in [0.29, 0.717) is 32.3 Å². The van der Waals surface area contributed by atoms with Gasteiger partial charge in [-0.2, -0.15) is 0 Å². The Bertz CT molecular complexity index is 361. The van der Waals surface area contributed by atoms with Gasteiger partial charge in [-0.25, -0.2) is 4.79 Å². The Morgan fingerprint density at radius 1 is 1.30 bits per heavy atom. The molecule has 0 spiro atoms. The summed E-state index contributed by atoms with van der Waals surface area (Å²) in [5.41, 5.74) is 0. The summed E-state index contributed by atoms with van der Waals surface area (Å²) in [5.74, 6) is -0.212. The molecular weight excluding hydrogens is 260 g/mol. The van der Waals surface area contributed by atoms with Gasteiger partial charge in [-0.1, -0.05) is 0 Å². The molecule has 0 radical (unpaired) electrons. The third-order valence-electron chi connectivity index (χ3n) is 4.10. The number of methoxy groups -OCH3 is 1. The number of rotatable bonds is 3. The summed E-state index contributed by atoms with van der Waals surface area (Å²) in [6, 6.07) is 0.327. The van der Waals surface area contributed by atoms with Crippen LogP contribution in [0.5, 0.6) is 0 Å². The van der Waals surface area contributed by atoms with E-state index >= 15 is 0 Å². The number of hydrogen-bond acceptors (Lipinski definition) is 5. The van der Waals surface area contributed by atoms with Gasteiger partial charge >= 0.3 is 5.97 Å². The molecule has 6 nitrogen and oxygen atoms in total. The van der Waals surface area contributed by atoms with Gasteiger partial charge in [0.1, 0.15) is 0 Å².